The fourth-order valence-electron chi connectivity index (χ4n) is 15.4. The van der Waals surface area contributed by atoms with Crippen molar-refractivity contribution in [3.8, 4) is 34.5 Å². The molecule has 4 rings (SSSR count). The lowest BCUT2D eigenvalue weighted by molar-refractivity contribution is -0.131. The molecule has 0 aromatic heterocycles. The Morgan fingerprint density at radius 2 is 0.278 bits per heavy atom. The van der Waals surface area contributed by atoms with Crippen molar-refractivity contribution >= 4 is 139 Å². The molecule has 18 heteroatoms. The van der Waals surface area contributed by atoms with Gasteiger partial charge in [-0.2, -0.15) is 0 Å². The molecule has 708 valence electrons. The number of ether oxygens (including phenoxy) is 6. The van der Waals surface area contributed by atoms with Crippen molar-refractivity contribution in [2.75, 3.05) is 34.5 Å². The van der Waals surface area contributed by atoms with Gasteiger partial charge in [-0.3, -0.25) is 0 Å². The molecule has 0 amide bonds. The molecular formula is C108H168O12S6. The van der Waals surface area contributed by atoms with Crippen LogP contribution < -0.4 is 28.4 Å². The standard InChI is InChI=1S/C108H168O12S6/c1-7-13-19-25-31-37-43-49-55-61-73-121-79-67-103(109)115-97-85-91-92(86-98(97)116-104(110)68-80-122-74-62-56-50-44-38-32-26-20-14-8-2)94-88-100(118-106(112)70-82-124-76-64-58-52-46-40-34-28-22-16-10-4)102(120-108(114)72-84-126-78-66-60-54-48-42-36-30-24-18-12-6)90-96(94)95-89-101(119-107(113)71-83-125-77-65-59-53-47-41-35-29-23-17-11-5)99(87-93(91)95)117-105(111)69-81-123-75-63-57-51-45-39-33-27-21-15-9-3/h67-72,79-90H,7-66,73-78H2,1-6H3/b79-67+,80-68+,81-69+,82-70+,83-71+,84-72+. The summed E-state index contributed by atoms with van der Waals surface area (Å²) >= 11 is 9.23. The van der Waals surface area contributed by atoms with Gasteiger partial charge in [-0.25, -0.2) is 28.8 Å². The molecule has 0 atom stereocenters. The van der Waals surface area contributed by atoms with Crippen LogP contribution in [0.2, 0.25) is 0 Å². The smallest absolute Gasteiger partial charge is 0.336 e. The highest BCUT2D eigenvalue weighted by Gasteiger charge is 2.25. The largest absolute Gasteiger partial charge is 0.419 e. The maximum atomic E-state index is 14.3. The van der Waals surface area contributed by atoms with Gasteiger partial charge in [0.25, 0.3) is 0 Å². The first-order chi connectivity index (χ1) is 62.0. The van der Waals surface area contributed by atoms with Crippen LogP contribution in [0.4, 0.5) is 0 Å². The predicted octanol–water partition coefficient (Wildman–Crippen LogP) is 35.6. The van der Waals surface area contributed by atoms with Gasteiger partial charge >= 0.3 is 35.8 Å². The Kier molecular flexibility index (Phi) is 72.7. The van der Waals surface area contributed by atoms with Crippen molar-refractivity contribution in [3.63, 3.8) is 0 Å². The van der Waals surface area contributed by atoms with Gasteiger partial charge < -0.3 is 28.4 Å². The minimum absolute atomic E-state index is 0.0791. The van der Waals surface area contributed by atoms with Gasteiger partial charge in [0, 0.05) is 36.5 Å². The zero-order chi connectivity index (χ0) is 90.3. The van der Waals surface area contributed by atoms with Gasteiger partial charge in [0.2, 0.25) is 0 Å². The zero-order valence-electron chi connectivity index (χ0n) is 79.4. The van der Waals surface area contributed by atoms with E-state index in [0.29, 0.717) is 32.3 Å². The van der Waals surface area contributed by atoms with E-state index in [2.05, 4.69) is 41.5 Å². The fraction of sp³-hybridized carbons (Fsp3) is 0.667. The van der Waals surface area contributed by atoms with Crippen LogP contribution in [0.5, 0.6) is 34.5 Å². The second kappa shape index (κ2) is 80.8. The third-order valence-corrected chi connectivity index (χ3v) is 28.0. The number of carbonyl (C=O) groups excluding carboxylic acids is 6. The lowest BCUT2D eigenvalue weighted by atomic mass is 9.93. The van der Waals surface area contributed by atoms with Gasteiger partial charge in [-0.05, 0) is 174 Å². The van der Waals surface area contributed by atoms with Crippen LogP contribution in [0.3, 0.4) is 0 Å². The van der Waals surface area contributed by atoms with Crippen molar-refractivity contribution in [2.24, 2.45) is 0 Å². The zero-order valence-corrected chi connectivity index (χ0v) is 84.3. The minimum Gasteiger partial charge on any atom is -0.419 e. The Morgan fingerprint density at radius 1 is 0.175 bits per heavy atom. The van der Waals surface area contributed by atoms with Crippen molar-refractivity contribution < 1.29 is 57.2 Å². The molecule has 0 radical (unpaired) electrons. The summed E-state index contributed by atoms with van der Waals surface area (Å²) in [5.74, 6) is 0.300. The van der Waals surface area contributed by atoms with Crippen LogP contribution in [-0.2, 0) is 28.8 Å². The maximum Gasteiger partial charge on any atom is 0.336 e. The number of esters is 6. The van der Waals surface area contributed by atoms with E-state index in [9.17, 15) is 28.8 Å². The van der Waals surface area contributed by atoms with Crippen molar-refractivity contribution in [1.82, 2.24) is 0 Å². The van der Waals surface area contributed by atoms with E-state index < -0.39 is 35.8 Å². The molecule has 4 aromatic carbocycles. The van der Waals surface area contributed by atoms with E-state index in [1.54, 1.807) is 68.8 Å². The molecule has 0 saturated heterocycles. The van der Waals surface area contributed by atoms with Crippen LogP contribution >= 0.6 is 70.6 Å². The van der Waals surface area contributed by atoms with Crippen LogP contribution in [0.25, 0.3) is 32.3 Å². The van der Waals surface area contributed by atoms with E-state index in [1.807, 2.05) is 0 Å². The molecule has 12 nitrogen and oxygen atoms in total. The third-order valence-electron chi connectivity index (χ3n) is 22.9. The molecule has 0 fully saturated rings. The summed E-state index contributed by atoms with van der Waals surface area (Å²) in [4.78, 5) is 85.8. The molecule has 0 bridgehead atoms. The lowest BCUT2D eigenvalue weighted by Gasteiger charge is -2.18. The maximum absolute atomic E-state index is 14.3. The Morgan fingerprint density at radius 3 is 0.389 bits per heavy atom. The second-order valence-corrected chi connectivity index (χ2v) is 40.3. The van der Waals surface area contributed by atoms with Gasteiger partial charge in [-0.1, -0.05) is 388 Å². The van der Waals surface area contributed by atoms with Crippen molar-refractivity contribution in [1.29, 1.82) is 0 Å². The summed E-state index contributed by atoms with van der Waals surface area (Å²) in [6.07, 6.45) is 81.7. The number of unbranched alkanes of at least 4 members (excludes halogenated alkanes) is 54. The quantitative estimate of drug-likeness (QED) is 0.0135. The van der Waals surface area contributed by atoms with E-state index in [1.165, 1.54) is 415 Å². The van der Waals surface area contributed by atoms with Gasteiger partial charge in [0.15, 0.2) is 34.5 Å². The molecule has 0 aliphatic carbocycles. The minimum atomic E-state index is -0.701. The predicted molar refractivity (Wildman–Crippen MR) is 553 cm³/mol. The molecule has 0 spiro atoms. The van der Waals surface area contributed by atoms with Crippen LogP contribution in [0.1, 0.15) is 427 Å². The Hall–Kier alpha value is -4.98. The number of rotatable bonds is 84. The van der Waals surface area contributed by atoms with Crippen LogP contribution in [0, 0.1) is 0 Å². The molecule has 4 aromatic rings. The number of hydrogen-bond acceptors (Lipinski definition) is 18. The average Bonchev–Trinajstić information content (AvgIpc) is 0.723. The lowest BCUT2D eigenvalue weighted by Crippen LogP contribution is -2.10. The number of carbonyl (C=O) groups is 6. The highest BCUT2D eigenvalue weighted by Crippen LogP contribution is 2.48. The number of benzene rings is 4. The van der Waals surface area contributed by atoms with E-state index >= 15 is 0 Å². The van der Waals surface area contributed by atoms with Gasteiger partial charge in [-0.15, -0.1) is 70.6 Å². The first-order valence-corrected chi connectivity index (χ1v) is 56.8. The molecule has 0 N–H and O–H groups in total. The molecular weight excluding hydrogens is 1680 g/mol. The molecule has 0 heterocycles. The normalized spacial score (nSPS) is 12.0. The first kappa shape index (κ1) is 113. The fourth-order valence-corrected chi connectivity index (χ4v) is 19.7. The van der Waals surface area contributed by atoms with Crippen LogP contribution in [0.15, 0.2) is 105 Å². The van der Waals surface area contributed by atoms with E-state index in [4.69, 9.17) is 28.4 Å². The van der Waals surface area contributed by atoms with Crippen molar-refractivity contribution in [3.05, 3.63) is 105 Å². The Bertz CT molecular complexity index is 3070. The molecule has 0 saturated carbocycles. The highest BCUT2D eigenvalue weighted by molar-refractivity contribution is 8.03. The summed E-state index contributed by atoms with van der Waals surface area (Å²) in [5.41, 5.74) is 0. The van der Waals surface area contributed by atoms with Gasteiger partial charge in [0.05, 0.1) is 0 Å². The number of hydrogen-bond donors (Lipinski definition) is 0. The molecule has 126 heavy (non-hydrogen) atoms. The number of fused-ring (bicyclic) bond motifs is 6. The summed E-state index contributed by atoms with van der Waals surface area (Å²) < 4.78 is 37.7. The average molecular weight is 1850 g/mol. The summed E-state index contributed by atoms with van der Waals surface area (Å²) in [5, 5.41) is 13.0. The Balaban J connectivity index is 1.92. The van der Waals surface area contributed by atoms with Crippen molar-refractivity contribution in [2.45, 2.75) is 427 Å². The van der Waals surface area contributed by atoms with Gasteiger partial charge in [0.1, 0.15) is 0 Å². The summed E-state index contributed by atoms with van der Waals surface area (Å²) in [7, 11) is 0. The summed E-state index contributed by atoms with van der Waals surface area (Å²) in [6, 6.07) is 9.72. The second-order valence-electron chi connectivity index (χ2n) is 34.2. The molecule has 0 aliphatic heterocycles. The highest BCUT2D eigenvalue weighted by atomic mass is 32.2. The molecule has 0 unspecified atom stereocenters. The molecule has 0 aliphatic rings. The number of thioether (sulfide) groups is 6. The third kappa shape index (κ3) is 58.0. The van der Waals surface area contributed by atoms with E-state index in [-0.39, 0.29) is 34.5 Å². The topological polar surface area (TPSA) is 158 Å². The first-order valence-electron chi connectivity index (χ1n) is 50.5. The summed E-state index contributed by atoms with van der Waals surface area (Å²) in [6.45, 7) is 13.5. The Labute approximate surface area is 791 Å². The van der Waals surface area contributed by atoms with E-state index in [0.717, 1.165) is 112 Å². The van der Waals surface area contributed by atoms with Crippen LogP contribution in [-0.4, -0.2) is 70.3 Å². The monoisotopic (exact) mass is 1850 g/mol. The SMILES string of the molecule is CCCCCCCCCCCCS/C=C/C(=O)Oc1cc2c3cc(OC(=O)/C=C/SCCCCCCCCCCCC)c(OC(=O)/C=C/SCCCCCCCCCCCC)cc3c3cc(OC(=O)/C=C/SCCCCCCCCCCCC)c(OC(=O)/C=C/SCCCCCCCCCCCC)cc3c2cc1OC(=O)/C=C/SCCCCCCCCCCCC.